The molecule has 1 heterocycles. The molecule has 1 amide bonds. The number of rotatable bonds is 5. The van der Waals surface area contributed by atoms with Crippen LogP contribution in [0.15, 0.2) is 30.3 Å². The molecule has 0 aliphatic carbocycles. The van der Waals surface area contributed by atoms with E-state index in [4.69, 9.17) is 0 Å². The Morgan fingerprint density at radius 2 is 2.22 bits per heavy atom. The number of benzene rings is 1. The van der Waals surface area contributed by atoms with Crippen LogP contribution in [-0.2, 0) is 11.2 Å². The van der Waals surface area contributed by atoms with Crippen molar-refractivity contribution in [3.05, 3.63) is 35.9 Å². The Bertz CT molecular complexity index is 371. The highest BCUT2D eigenvalue weighted by Crippen LogP contribution is 2.08. The maximum absolute atomic E-state index is 12.0. The van der Waals surface area contributed by atoms with E-state index in [9.17, 15) is 4.79 Å². The van der Waals surface area contributed by atoms with Crippen molar-refractivity contribution >= 4 is 5.91 Å². The number of hydrogen-bond acceptors (Lipinski definition) is 2. The van der Waals surface area contributed by atoms with Crippen LogP contribution in [0.1, 0.15) is 31.7 Å². The van der Waals surface area contributed by atoms with Gasteiger partial charge in [0.25, 0.3) is 0 Å². The zero-order chi connectivity index (χ0) is 12.8. The predicted octanol–water partition coefficient (Wildman–Crippen LogP) is 1.88. The van der Waals surface area contributed by atoms with Crippen LogP contribution in [0, 0.1) is 0 Å². The number of carbonyl (C=O) groups excluding carboxylic acids is 1. The molecule has 0 aromatic heterocycles. The first-order valence-corrected chi connectivity index (χ1v) is 6.87. The van der Waals surface area contributed by atoms with Crippen LogP contribution >= 0.6 is 0 Å². The molecule has 0 saturated carbocycles. The molecule has 0 spiro atoms. The second-order valence-corrected chi connectivity index (χ2v) is 4.95. The van der Waals surface area contributed by atoms with Gasteiger partial charge in [0.15, 0.2) is 0 Å². The lowest BCUT2D eigenvalue weighted by atomic mass is 10.0. The van der Waals surface area contributed by atoms with E-state index in [-0.39, 0.29) is 18.0 Å². The molecular weight excluding hydrogens is 224 g/mol. The summed E-state index contributed by atoms with van der Waals surface area (Å²) in [7, 11) is 0. The average Bonchev–Trinajstić information content (AvgIpc) is 2.93. The molecule has 0 bridgehead atoms. The average molecular weight is 246 g/mol. The van der Waals surface area contributed by atoms with Crippen molar-refractivity contribution < 1.29 is 4.79 Å². The zero-order valence-electron chi connectivity index (χ0n) is 11.0. The number of amides is 1. The van der Waals surface area contributed by atoms with Gasteiger partial charge in [-0.3, -0.25) is 4.79 Å². The van der Waals surface area contributed by atoms with Crippen molar-refractivity contribution in [1.29, 1.82) is 0 Å². The van der Waals surface area contributed by atoms with Gasteiger partial charge in [-0.15, -0.1) is 0 Å². The monoisotopic (exact) mass is 246 g/mol. The molecule has 1 fully saturated rings. The Kier molecular flexibility index (Phi) is 4.76. The molecule has 2 atom stereocenters. The Morgan fingerprint density at radius 3 is 2.83 bits per heavy atom. The lowest BCUT2D eigenvalue weighted by Crippen LogP contribution is -2.45. The van der Waals surface area contributed by atoms with Gasteiger partial charge in [-0.2, -0.15) is 0 Å². The fourth-order valence-corrected chi connectivity index (χ4v) is 2.41. The van der Waals surface area contributed by atoms with Crippen molar-refractivity contribution in [2.24, 2.45) is 0 Å². The Morgan fingerprint density at radius 1 is 1.44 bits per heavy atom. The van der Waals surface area contributed by atoms with Crippen LogP contribution in [0.2, 0.25) is 0 Å². The quantitative estimate of drug-likeness (QED) is 0.833. The fourth-order valence-electron chi connectivity index (χ4n) is 2.41. The van der Waals surface area contributed by atoms with E-state index in [0.717, 1.165) is 32.2 Å². The van der Waals surface area contributed by atoms with Gasteiger partial charge in [0, 0.05) is 6.04 Å². The van der Waals surface area contributed by atoms with Crippen LogP contribution in [-0.4, -0.2) is 24.5 Å². The lowest BCUT2D eigenvalue weighted by molar-refractivity contribution is -0.123. The van der Waals surface area contributed by atoms with Crippen molar-refractivity contribution in [2.75, 3.05) is 6.54 Å². The molecule has 98 valence electrons. The predicted molar refractivity (Wildman–Crippen MR) is 73.4 cm³/mol. The smallest absolute Gasteiger partial charge is 0.237 e. The lowest BCUT2D eigenvalue weighted by Gasteiger charge is -2.19. The van der Waals surface area contributed by atoms with E-state index in [1.54, 1.807) is 0 Å². The van der Waals surface area contributed by atoms with E-state index < -0.39 is 0 Å². The Hall–Kier alpha value is -1.35. The molecular formula is C15H22N2O. The minimum absolute atomic E-state index is 0.0230. The van der Waals surface area contributed by atoms with Crippen LogP contribution in [0.5, 0.6) is 0 Å². The summed E-state index contributed by atoms with van der Waals surface area (Å²) in [5.41, 5.74) is 1.28. The van der Waals surface area contributed by atoms with E-state index in [0.29, 0.717) is 0 Å². The number of carbonyl (C=O) groups is 1. The normalized spacial score (nSPS) is 20.6. The summed E-state index contributed by atoms with van der Waals surface area (Å²) in [6.07, 6.45) is 3.95. The SMILES string of the molecule is CC[C@@H](Cc1ccccc1)NC(=O)[C@@H]1CCCN1. The molecule has 0 radical (unpaired) electrons. The first kappa shape index (κ1) is 13.1. The molecule has 1 aromatic carbocycles. The topological polar surface area (TPSA) is 41.1 Å². The van der Waals surface area contributed by atoms with E-state index in [1.807, 2.05) is 18.2 Å². The van der Waals surface area contributed by atoms with Crippen LogP contribution in [0.3, 0.4) is 0 Å². The summed E-state index contributed by atoms with van der Waals surface area (Å²) in [6.45, 7) is 3.09. The highest BCUT2D eigenvalue weighted by atomic mass is 16.2. The van der Waals surface area contributed by atoms with Gasteiger partial charge in [-0.1, -0.05) is 37.3 Å². The summed E-state index contributed by atoms with van der Waals surface area (Å²) in [5, 5.41) is 6.39. The van der Waals surface area contributed by atoms with Gasteiger partial charge in [0.1, 0.15) is 0 Å². The minimum Gasteiger partial charge on any atom is -0.352 e. The maximum Gasteiger partial charge on any atom is 0.237 e. The van der Waals surface area contributed by atoms with Crippen LogP contribution in [0.25, 0.3) is 0 Å². The first-order valence-electron chi connectivity index (χ1n) is 6.87. The summed E-state index contributed by atoms with van der Waals surface area (Å²) < 4.78 is 0. The van der Waals surface area contributed by atoms with Gasteiger partial charge in [-0.25, -0.2) is 0 Å². The number of hydrogen-bond donors (Lipinski definition) is 2. The molecule has 1 saturated heterocycles. The van der Waals surface area contributed by atoms with E-state index in [1.165, 1.54) is 5.56 Å². The molecule has 0 unspecified atom stereocenters. The molecule has 1 aliphatic heterocycles. The Labute approximate surface area is 109 Å². The van der Waals surface area contributed by atoms with Crippen molar-refractivity contribution in [1.82, 2.24) is 10.6 Å². The van der Waals surface area contributed by atoms with E-state index >= 15 is 0 Å². The summed E-state index contributed by atoms with van der Waals surface area (Å²) in [6, 6.07) is 10.6. The van der Waals surface area contributed by atoms with E-state index in [2.05, 4.69) is 29.7 Å². The highest BCUT2D eigenvalue weighted by molar-refractivity contribution is 5.82. The van der Waals surface area contributed by atoms with Gasteiger partial charge in [-0.05, 0) is 37.8 Å². The summed E-state index contributed by atoms with van der Waals surface area (Å²) in [4.78, 5) is 12.0. The van der Waals surface area contributed by atoms with Gasteiger partial charge >= 0.3 is 0 Å². The second kappa shape index (κ2) is 6.55. The zero-order valence-corrected chi connectivity index (χ0v) is 11.0. The third-order valence-corrected chi connectivity index (χ3v) is 3.54. The molecule has 3 nitrogen and oxygen atoms in total. The maximum atomic E-state index is 12.0. The fraction of sp³-hybridized carbons (Fsp3) is 0.533. The van der Waals surface area contributed by atoms with Gasteiger partial charge < -0.3 is 10.6 Å². The van der Waals surface area contributed by atoms with Gasteiger partial charge in [0.2, 0.25) is 5.91 Å². The number of nitrogens with one attached hydrogen (secondary N) is 2. The molecule has 2 rings (SSSR count). The molecule has 3 heteroatoms. The third kappa shape index (κ3) is 3.57. The van der Waals surface area contributed by atoms with Crippen LogP contribution < -0.4 is 10.6 Å². The van der Waals surface area contributed by atoms with Crippen LogP contribution in [0.4, 0.5) is 0 Å². The highest BCUT2D eigenvalue weighted by Gasteiger charge is 2.23. The molecule has 18 heavy (non-hydrogen) atoms. The Balaban J connectivity index is 1.87. The molecule has 1 aromatic rings. The summed E-state index contributed by atoms with van der Waals surface area (Å²) in [5.74, 6) is 0.162. The van der Waals surface area contributed by atoms with Gasteiger partial charge in [0.05, 0.1) is 6.04 Å². The first-order chi connectivity index (χ1) is 8.79. The van der Waals surface area contributed by atoms with Crippen molar-refractivity contribution in [2.45, 2.75) is 44.7 Å². The second-order valence-electron chi connectivity index (χ2n) is 4.95. The minimum atomic E-state index is 0.0230. The standard InChI is InChI=1S/C15H22N2O/c1-2-13(11-12-7-4-3-5-8-12)17-15(18)14-9-6-10-16-14/h3-5,7-8,13-14,16H,2,6,9-11H2,1H3,(H,17,18)/t13-,14-/m0/s1. The van der Waals surface area contributed by atoms with Crippen molar-refractivity contribution in [3.8, 4) is 0 Å². The molecule has 1 aliphatic rings. The van der Waals surface area contributed by atoms with Crippen molar-refractivity contribution in [3.63, 3.8) is 0 Å². The summed E-state index contributed by atoms with van der Waals surface area (Å²) >= 11 is 0. The molecule has 2 N–H and O–H groups in total. The largest absolute Gasteiger partial charge is 0.352 e. The third-order valence-electron chi connectivity index (χ3n) is 3.54.